The van der Waals surface area contributed by atoms with Gasteiger partial charge in [0, 0.05) is 12.6 Å². The van der Waals surface area contributed by atoms with E-state index in [0.29, 0.717) is 6.10 Å². The fraction of sp³-hybridized carbons (Fsp3) is 1.00. The molecule has 102 valence electrons. The van der Waals surface area contributed by atoms with Crippen molar-refractivity contribution in [2.45, 2.75) is 58.1 Å². The van der Waals surface area contributed by atoms with Crippen LogP contribution in [0.25, 0.3) is 0 Å². The highest BCUT2D eigenvalue weighted by Crippen LogP contribution is 2.17. The van der Waals surface area contributed by atoms with Crippen molar-refractivity contribution in [3.8, 4) is 0 Å². The molecule has 2 atom stereocenters. The summed E-state index contributed by atoms with van der Waals surface area (Å²) in [6, 6.07) is 0.764. The van der Waals surface area contributed by atoms with Crippen molar-refractivity contribution in [2.75, 3.05) is 33.3 Å². The molecule has 1 rings (SSSR count). The predicted molar refractivity (Wildman–Crippen MR) is 73.5 cm³/mol. The molecule has 1 heterocycles. The summed E-state index contributed by atoms with van der Waals surface area (Å²) in [7, 11) is 2.23. The number of rotatable bonds is 9. The van der Waals surface area contributed by atoms with Gasteiger partial charge in [0.2, 0.25) is 0 Å². The third-order valence-electron chi connectivity index (χ3n) is 3.68. The van der Waals surface area contributed by atoms with Crippen molar-refractivity contribution in [1.82, 2.24) is 10.2 Å². The fourth-order valence-electron chi connectivity index (χ4n) is 2.44. The van der Waals surface area contributed by atoms with Crippen LogP contribution < -0.4 is 5.32 Å². The summed E-state index contributed by atoms with van der Waals surface area (Å²) < 4.78 is 5.87. The Balaban J connectivity index is 1.94. The van der Waals surface area contributed by atoms with E-state index >= 15 is 0 Å². The van der Waals surface area contributed by atoms with E-state index < -0.39 is 0 Å². The second-order valence-electron chi connectivity index (χ2n) is 5.29. The van der Waals surface area contributed by atoms with Gasteiger partial charge in [0.05, 0.1) is 6.10 Å². The first-order valence-electron chi connectivity index (χ1n) is 7.26. The minimum Gasteiger partial charge on any atom is -0.378 e. The zero-order chi connectivity index (χ0) is 12.5. The van der Waals surface area contributed by atoms with E-state index in [0.717, 1.165) is 32.2 Å². The smallest absolute Gasteiger partial charge is 0.0559 e. The minimum absolute atomic E-state index is 0.395. The maximum absolute atomic E-state index is 5.87. The molecule has 0 amide bonds. The molecule has 0 spiro atoms. The van der Waals surface area contributed by atoms with Crippen LogP contribution in [0.1, 0.15) is 46.0 Å². The highest BCUT2D eigenvalue weighted by Gasteiger charge is 2.20. The normalized spacial score (nSPS) is 23.1. The van der Waals surface area contributed by atoms with E-state index in [9.17, 15) is 0 Å². The van der Waals surface area contributed by atoms with Crippen molar-refractivity contribution in [2.24, 2.45) is 0 Å². The van der Waals surface area contributed by atoms with Crippen LogP contribution >= 0.6 is 0 Å². The molecular formula is C14H30N2O. The Morgan fingerprint density at radius 3 is 2.88 bits per heavy atom. The Morgan fingerprint density at radius 2 is 2.24 bits per heavy atom. The van der Waals surface area contributed by atoms with Crippen molar-refractivity contribution in [3.63, 3.8) is 0 Å². The lowest BCUT2D eigenvalue weighted by Crippen LogP contribution is -2.27. The van der Waals surface area contributed by atoms with Crippen molar-refractivity contribution < 1.29 is 4.74 Å². The molecule has 0 bridgehead atoms. The Morgan fingerprint density at radius 1 is 1.41 bits per heavy atom. The molecule has 2 unspecified atom stereocenters. The molecule has 1 saturated heterocycles. The first-order chi connectivity index (χ1) is 8.24. The van der Waals surface area contributed by atoms with Crippen LogP contribution in [-0.2, 0) is 4.74 Å². The third kappa shape index (κ3) is 6.39. The average molecular weight is 242 g/mol. The first-order valence-corrected chi connectivity index (χ1v) is 7.26. The SMILES string of the molecule is CCCNCCC(C)OCCC1CCCN1C. The van der Waals surface area contributed by atoms with Crippen LogP contribution in [-0.4, -0.2) is 50.3 Å². The number of hydrogen-bond donors (Lipinski definition) is 1. The van der Waals surface area contributed by atoms with E-state index in [1.54, 1.807) is 0 Å². The van der Waals surface area contributed by atoms with Crippen molar-refractivity contribution in [3.05, 3.63) is 0 Å². The van der Waals surface area contributed by atoms with Gasteiger partial charge in [-0.05, 0) is 65.7 Å². The van der Waals surface area contributed by atoms with Crippen LogP contribution in [0.5, 0.6) is 0 Å². The van der Waals surface area contributed by atoms with Crippen LogP contribution in [0.2, 0.25) is 0 Å². The molecule has 3 nitrogen and oxygen atoms in total. The number of nitrogens with zero attached hydrogens (tertiary/aromatic N) is 1. The van der Waals surface area contributed by atoms with Gasteiger partial charge in [-0.15, -0.1) is 0 Å². The molecule has 0 aromatic rings. The summed E-state index contributed by atoms with van der Waals surface area (Å²) in [4.78, 5) is 2.47. The van der Waals surface area contributed by atoms with Crippen LogP contribution in [0.3, 0.4) is 0 Å². The Hall–Kier alpha value is -0.120. The van der Waals surface area contributed by atoms with Gasteiger partial charge in [0.25, 0.3) is 0 Å². The second-order valence-corrected chi connectivity index (χ2v) is 5.29. The zero-order valence-corrected chi connectivity index (χ0v) is 11.9. The summed E-state index contributed by atoms with van der Waals surface area (Å²) in [5.74, 6) is 0. The van der Waals surface area contributed by atoms with Crippen LogP contribution in [0.4, 0.5) is 0 Å². The second kappa shape index (κ2) is 8.90. The van der Waals surface area contributed by atoms with E-state index in [2.05, 4.69) is 31.1 Å². The number of ether oxygens (including phenoxy) is 1. The Labute approximate surface area is 107 Å². The molecule has 1 aliphatic rings. The molecule has 0 radical (unpaired) electrons. The van der Waals surface area contributed by atoms with Gasteiger partial charge in [0.15, 0.2) is 0 Å². The molecule has 1 fully saturated rings. The molecule has 3 heteroatoms. The molecule has 0 aromatic carbocycles. The lowest BCUT2D eigenvalue weighted by molar-refractivity contribution is 0.0488. The molecule has 0 saturated carbocycles. The van der Waals surface area contributed by atoms with Crippen LogP contribution in [0, 0.1) is 0 Å². The minimum atomic E-state index is 0.395. The first kappa shape index (κ1) is 14.9. The Kier molecular flexibility index (Phi) is 7.82. The van der Waals surface area contributed by atoms with E-state index in [4.69, 9.17) is 4.74 Å². The van der Waals surface area contributed by atoms with Gasteiger partial charge in [-0.3, -0.25) is 0 Å². The van der Waals surface area contributed by atoms with Gasteiger partial charge >= 0.3 is 0 Å². The summed E-state index contributed by atoms with van der Waals surface area (Å²) in [5.41, 5.74) is 0. The number of hydrogen-bond acceptors (Lipinski definition) is 3. The largest absolute Gasteiger partial charge is 0.378 e. The highest BCUT2D eigenvalue weighted by atomic mass is 16.5. The zero-order valence-electron chi connectivity index (χ0n) is 11.9. The van der Waals surface area contributed by atoms with Gasteiger partial charge in [0.1, 0.15) is 0 Å². The number of likely N-dealkylation sites (tertiary alicyclic amines) is 1. The topological polar surface area (TPSA) is 24.5 Å². The summed E-state index contributed by atoms with van der Waals surface area (Å²) in [5, 5.41) is 3.42. The van der Waals surface area contributed by atoms with Gasteiger partial charge in [-0.25, -0.2) is 0 Å². The molecular weight excluding hydrogens is 212 g/mol. The summed E-state index contributed by atoms with van der Waals surface area (Å²) in [6.07, 6.45) is 6.64. The van der Waals surface area contributed by atoms with Gasteiger partial charge in [-0.2, -0.15) is 0 Å². The maximum Gasteiger partial charge on any atom is 0.0559 e. The molecule has 0 aliphatic carbocycles. The monoisotopic (exact) mass is 242 g/mol. The number of nitrogens with one attached hydrogen (secondary N) is 1. The lowest BCUT2D eigenvalue weighted by Gasteiger charge is -2.20. The highest BCUT2D eigenvalue weighted by molar-refractivity contribution is 4.75. The maximum atomic E-state index is 5.87. The van der Waals surface area contributed by atoms with E-state index in [1.807, 2.05) is 0 Å². The van der Waals surface area contributed by atoms with E-state index in [-0.39, 0.29) is 0 Å². The lowest BCUT2D eigenvalue weighted by atomic mass is 10.1. The third-order valence-corrected chi connectivity index (χ3v) is 3.68. The average Bonchev–Trinajstić information content (AvgIpc) is 2.71. The standard InChI is InChI=1S/C14H30N2O/c1-4-9-15-10-7-13(2)17-12-8-14-6-5-11-16(14)3/h13-15H,4-12H2,1-3H3. The fourth-order valence-corrected chi connectivity index (χ4v) is 2.44. The molecule has 1 N–H and O–H groups in total. The van der Waals surface area contributed by atoms with E-state index in [1.165, 1.54) is 32.2 Å². The van der Waals surface area contributed by atoms with Crippen LogP contribution in [0.15, 0.2) is 0 Å². The molecule has 17 heavy (non-hydrogen) atoms. The molecule has 0 aromatic heterocycles. The molecule has 1 aliphatic heterocycles. The van der Waals surface area contributed by atoms with Crippen molar-refractivity contribution >= 4 is 0 Å². The van der Waals surface area contributed by atoms with Crippen molar-refractivity contribution in [1.29, 1.82) is 0 Å². The predicted octanol–water partition coefficient (Wildman–Crippen LogP) is 2.27. The quantitative estimate of drug-likeness (QED) is 0.628. The summed E-state index contributed by atoms with van der Waals surface area (Å²) in [6.45, 7) is 8.78. The van der Waals surface area contributed by atoms with Gasteiger partial charge in [-0.1, -0.05) is 6.92 Å². The Bertz CT molecular complexity index is 187. The van der Waals surface area contributed by atoms with Gasteiger partial charge < -0.3 is 15.0 Å². The summed E-state index contributed by atoms with van der Waals surface area (Å²) >= 11 is 0.